The lowest BCUT2D eigenvalue weighted by molar-refractivity contribution is 0.184. The first-order valence-corrected chi connectivity index (χ1v) is 7.15. The van der Waals surface area contributed by atoms with Gasteiger partial charge in [-0.25, -0.2) is 4.39 Å². The molecule has 0 aliphatic rings. The predicted molar refractivity (Wildman–Crippen MR) is 87.7 cm³/mol. The molecule has 0 saturated carbocycles. The molecule has 21 heavy (non-hydrogen) atoms. The van der Waals surface area contributed by atoms with Crippen LogP contribution in [0.5, 0.6) is 5.75 Å². The SMILES string of the molecule is Bc1ccc(OC[C@H](Cc2ccccc2)N(C)C)cc1F. The quantitative estimate of drug-likeness (QED) is 0.748. The van der Waals surface area contributed by atoms with Crippen molar-refractivity contribution in [2.75, 3.05) is 20.7 Å². The Labute approximate surface area is 127 Å². The molecule has 1 atom stereocenters. The molecule has 4 heteroatoms. The van der Waals surface area contributed by atoms with Crippen LogP contribution >= 0.6 is 0 Å². The number of hydrogen-bond donors (Lipinski definition) is 0. The lowest BCUT2D eigenvalue weighted by Crippen LogP contribution is -2.35. The van der Waals surface area contributed by atoms with Gasteiger partial charge in [0, 0.05) is 12.1 Å². The number of likely N-dealkylation sites (N-methyl/N-ethyl adjacent to an activating group) is 1. The molecule has 0 aliphatic heterocycles. The lowest BCUT2D eigenvalue weighted by Gasteiger charge is -2.24. The third-order valence-corrected chi connectivity index (χ3v) is 3.63. The zero-order chi connectivity index (χ0) is 15.2. The molecule has 2 nitrogen and oxygen atoms in total. The number of ether oxygens (including phenoxy) is 1. The van der Waals surface area contributed by atoms with Crippen LogP contribution in [0.2, 0.25) is 0 Å². The van der Waals surface area contributed by atoms with E-state index in [0.717, 1.165) is 6.42 Å². The second kappa shape index (κ2) is 7.27. The summed E-state index contributed by atoms with van der Waals surface area (Å²) in [5.41, 5.74) is 1.91. The van der Waals surface area contributed by atoms with Crippen LogP contribution in [0.4, 0.5) is 4.39 Å². The first kappa shape index (κ1) is 15.6. The molecule has 2 rings (SSSR count). The normalized spacial score (nSPS) is 12.4. The maximum Gasteiger partial charge on any atom is 0.143 e. The van der Waals surface area contributed by atoms with E-state index in [0.29, 0.717) is 17.8 Å². The van der Waals surface area contributed by atoms with E-state index in [1.807, 2.05) is 38.4 Å². The van der Waals surface area contributed by atoms with Crippen LogP contribution in [0, 0.1) is 5.82 Å². The second-order valence-electron chi connectivity index (χ2n) is 5.53. The second-order valence-corrected chi connectivity index (χ2v) is 5.53. The fourth-order valence-electron chi connectivity index (χ4n) is 2.13. The number of nitrogens with zero attached hydrogens (tertiary/aromatic N) is 1. The molecule has 2 aromatic carbocycles. The first-order valence-electron chi connectivity index (χ1n) is 7.15. The number of hydrogen-bond acceptors (Lipinski definition) is 2. The van der Waals surface area contributed by atoms with Crippen molar-refractivity contribution in [1.29, 1.82) is 0 Å². The van der Waals surface area contributed by atoms with E-state index in [4.69, 9.17) is 4.74 Å². The zero-order valence-electron chi connectivity index (χ0n) is 12.8. The molecule has 0 heterocycles. The summed E-state index contributed by atoms with van der Waals surface area (Å²) in [5.74, 6) is 0.356. The van der Waals surface area contributed by atoms with E-state index in [-0.39, 0.29) is 11.9 Å². The van der Waals surface area contributed by atoms with Gasteiger partial charge in [-0.3, -0.25) is 0 Å². The third-order valence-electron chi connectivity index (χ3n) is 3.63. The van der Waals surface area contributed by atoms with Gasteiger partial charge in [0.05, 0.1) is 0 Å². The van der Waals surface area contributed by atoms with E-state index in [1.165, 1.54) is 11.6 Å². The van der Waals surface area contributed by atoms with Gasteiger partial charge < -0.3 is 9.64 Å². The predicted octanol–water partition coefficient (Wildman–Crippen LogP) is 1.64. The number of benzene rings is 2. The monoisotopic (exact) mass is 285 g/mol. The summed E-state index contributed by atoms with van der Waals surface area (Å²) < 4.78 is 19.3. The van der Waals surface area contributed by atoms with E-state index in [2.05, 4.69) is 17.0 Å². The summed E-state index contributed by atoms with van der Waals surface area (Å²) in [6, 6.07) is 15.6. The van der Waals surface area contributed by atoms with Crippen molar-refractivity contribution in [1.82, 2.24) is 4.90 Å². The summed E-state index contributed by atoms with van der Waals surface area (Å²) in [6.45, 7) is 0.532. The molecule has 0 saturated heterocycles. The van der Waals surface area contributed by atoms with Crippen LogP contribution in [-0.4, -0.2) is 39.5 Å². The first-order chi connectivity index (χ1) is 10.1. The van der Waals surface area contributed by atoms with Crippen molar-refractivity contribution in [3.05, 3.63) is 59.9 Å². The van der Waals surface area contributed by atoms with E-state index < -0.39 is 0 Å². The summed E-state index contributed by atoms with van der Waals surface area (Å²) in [6.07, 6.45) is 0.905. The molecule has 0 amide bonds. The van der Waals surface area contributed by atoms with Crippen molar-refractivity contribution < 1.29 is 9.13 Å². The number of halogens is 1. The van der Waals surface area contributed by atoms with Crippen molar-refractivity contribution in [2.24, 2.45) is 0 Å². The Morgan fingerprint density at radius 1 is 1.14 bits per heavy atom. The smallest absolute Gasteiger partial charge is 0.143 e. The Bertz CT molecular complexity index is 574. The average molecular weight is 285 g/mol. The topological polar surface area (TPSA) is 12.5 Å². The molecule has 0 aromatic heterocycles. The molecule has 0 spiro atoms. The van der Waals surface area contributed by atoms with Crippen molar-refractivity contribution in [3.8, 4) is 5.75 Å². The highest BCUT2D eigenvalue weighted by atomic mass is 19.1. The highest BCUT2D eigenvalue weighted by Crippen LogP contribution is 2.13. The Morgan fingerprint density at radius 2 is 1.86 bits per heavy atom. The van der Waals surface area contributed by atoms with Crippen LogP contribution in [0.3, 0.4) is 0 Å². The van der Waals surface area contributed by atoms with Gasteiger partial charge in [-0.05, 0) is 32.1 Å². The van der Waals surface area contributed by atoms with Gasteiger partial charge in [0.2, 0.25) is 0 Å². The van der Waals surface area contributed by atoms with E-state index in [1.54, 1.807) is 13.9 Å². The number of rotatable bonds is 6. The largest absolute Gasteiger partial charge is 0.492 e. The molecular weight excluding hydrogens is 264 g/mol. The van der Waals surface area contributed by atoms with E-state index >= 15 is 0 Å². The van der Waals surface area contributed by atoms with Gasteiger partial charge in [0.15, 0.2) is 0 Å². The molecule has 0 aliphatic carbocycles. The van der Waals surface area contributed by atoms with Crippen LogP contribution in [0.25, 0.3) is 0 Å². The molecule has 0 unspecified atom stereocenters. The van der Waals surface area contributed by atoms with Gasteiger partial charge in [0.1, 0.15) is 26.0 Å². The molecule has 0 N–H and O–H groups in total. The van der Waals surface area contributed by atoms with Crippen LogP contribution < -0.4 is 10.2 Å². The summed E-state index contributed by atoms with van der Waals surface area (Å²) in [5, 5.41) is 0. The Hall–Kier alpha value is -1.81. The third kappa shape index (κ3) is 4.60. The molecule has 110 valence electrons. The van der Waals surface area contributed by atoms with Gasteiger partial charge in [-0.2, -0.15) is 0 Å². The minimum Gasteiger partial charge on any atom is -0.492 e. The fourth-order valence-corrected chi connectivity index (χ4v) is 2.13. The highest BCUT2D eigenvalue weighted by Gasteiger charge is 2.13. The van der Waals surface area contributed by atoms with Crippen molar-refractivity contribution in [2.45, 2.75) is 12.5 Å². The Morgan fingerprint density at radius 3 is 2.48 bits per heavy atom. The maximum absolute atomic E-state index is 13.5. The van der Waals surface area contributed by atoms with Gasteiger partial charge in [-0.15, -0.1) is 0 Å². The van der Waals surface area contributed by atoms with Crippen LogP contribution in [0.1, 0.15) is 5.56 Å². The van der Waals surface area contributed by atoms with Gasteiger partial charge in [-0.1, -0.05) is 41.9 Å². The molecule has 0 bridgehead atoms. The van der Waals surface area contributed by atoms with Crippen molar-refractivity contribution in [3.63, 3.8) is 0 Å². The van der Waals surface area contributed by atoms with Crippen molar-refractivity contribution >= 4 is 13.3 Å². The van der Waals surface area contributed by atoms with Crippen LogP contribution in [-0.2, 0) is 6.42 Å². The Kier molecular flexibility index (Phi) is 5.40. The molecular formula is C17H21BFNO. The highest BCUT2D eigenvalue weighted by molar-refractivity contribution is 6.32. The fraction of sp³-hybridized carbons (Fsp3) is 0.294. The minimum absolute atomic E-state index is 0.225. The molecule has 0 radical (unpaired) electrons. The summed E-state index contributed by atoms with van der Waals surface area (Å²) in [7, 11) is 5.82. The molecule has 2 aromatic rings. The molecule has 0 fully saturated rings. The zero-order valence-corrected chi connectivity index (χ0v) is 12.8. The maximum atomic E-state index is 13.5. The summed E-state index contributed by atoms with van der Waals surface area (Å²) >= 11 is 0. The average Bonchev–Trinajstić information content (AvgIpc) is 2.47. The summed E-state index contributed by atoms with van der Waals surface area (Å²) in [4.78, 5) is 2.14. The minimum atomic E-state index is -0.225. The Balaban J connectivity index is 1.98. The lowest BCUT2D eigenvalue weighted by atomic mass is 9.96. The van der Waals surface area contributed by atoms with Gasteiger partial charge in [0.25, 0.3) is 0 Å². The van der Waals surface area contributed by atoms with Gasteiger partial charge >= 0.3 is 0 Å². The standard InChI is InChI=1S/C17H21BFNO/c1-20(2)14(10-13-6-4-3-5-7-13)12-21-15-8-9-16(18)17(19)11-15/h3-9,11,14H,10,12,18H2,1-2H3/t14-/m0/s1. The van der Waals surface area contributed by atoms with Crippen LogP contribution in [0.15, 0.2) is 48.5 Å². The van der Waals surface area contributed by atoms with E-state index in [9.17, 15) is 4.39 Å².